The molecular formula is C26H28N4O6. The van der Waals surface area contributed by atoms with Crippen LogP contribution < -0.4 is 10.6 Å². The van der Waals surface area contributed by atoms with E-state index < -0.39 is 35.8 Å². The number of carbonyl (C=O) groups excluding carboxylic acids is 6. The van der Waals surface area contributed by atoms with E-state index in [0.717, 1.165) is 15.8 Å². The lowest BCUT2D eigenvalue weighted by atomic mass is 10.0. The molecule has 2 heterocycles. The summed E-state index contributed by atoms with van der Waals surface area (Å²) in [5, 5.41) is 9.28. The van der Waals surface area contributed by atoms with E-state index in [1.165, 1.54) is 11.9 Å². The number of nitrogens with one attached hydrogen (secondary N) is 2. The van der Waals surface area contributed by atoms with Gasteiger partial charge in [0.25, 0.3) is 11.8 Å². The summed E-state index contributed by atoms with van der Waals surface area (Å²) in [4.78, 5) is 75.5. The maximum atomic E-state index is 13.6. The number of Topliss-reactive ketones (excluding diaryl/α,β-unsaturated/α-hetero) is 1. The van der Waals surface area contributed by atoms with Crippen LogP contribution in [0.25, 0.3) is 10.8 Å². The molecule has 2 aliphatic heterocycles. The molecule has 0 aliphatic carbocycles. The van der Waals surface area contributed by atoms with Gasteiger partial charge in [-0.05, 0) is 43.0 Å². The van der Waals surface area contributed by atoms with Gasteiger partial charge in [0.2, 0.25) is 11.8 Å². The van der Waals surface area contributed by atoms with Gasteiger partial charge in [-0.25, -0.2) is 5.01 Å². The first-order valence-corrected chi connectivity index (χ1v) is 12.0. The van der Waals surface area contributed by atoms with Crippen LogP contribution in [0.5, 0.6) is 0 Å². The number of ketones is 1. The Kier molecular flexibility index (Phi) is 7.42. The maximum absolute atomic E-state index is 13.6. The molecule has 0 spiro atoms. The van der Waals surface area contributed by atoms with E-state index >= 15 is 0 Å². The van der Waals surface area contributed by atoms with E-state index in [2.05, 4.69) is 10.6 Å². The SMILES string of the molecule is CC(=O)CC(C=O)NC(=O)C1CCCN2C(=O)CCC(NC(=O)c3cccc4ccccc34)C(=O)N12. The fraction of sp³-hybridized carbons (Fsp3) is 0.385. The first-order valence-electron chi connectivity index (χ1n) is 12.0. The number of hydrogen-bond donors (Lipinski definition) is 2. The number of rotatable bonds is 7. The van der Waals surface area contributed by atoms with E-state index in [-0.39, 0.29) is 43.9 Å². The van der Waals surface area contributed by atoms with Crippen LogP contribution in [0, 0.1) is 0 Å². The lowest BCUT2D eigenvalue weighted by Gasteiger charge is -2.43. The van der Waals surface area contributed by atoms with E-state index in [9.17, 15) is 28.8 Å². The van der Waals surface area contributed by atoms with Gasteiger partial charge in [0, 0.05) is 24.9 Å². The molecule has 188 valence electrons. The van der Waals surface area contributed by atoms with Crippen LogP contribution in [0.4, 0.5) is 0 Å². The molecule has 2 aromatic carbocycles. The fourth-order valence-corrected chi connectivity index (χ4v) is 4.79. The summed E-state index contributed by atoms with van der Waals surface area (Å²) in [7, 11) is 0. The Bertz CT molecular complexity index is 1220. The lowest BCUT2D eigenvalue weighted by molar-refractivity contribution is -0.176. The average molecular weight is 493 g/mol. The Balaban J connectivity index is 1.57. The summed E-state index contributed by atoms with van der Waals surface area (Å²) in [6.07, 6.45) is 1.19. The number of fused-ring (bicyclic) bond motifs is 2. The number of aldehydes is 1. The molecule has 3 atom stereocenters. The quantitative estimate of drug-likeness (QED) is 0.557. The molecule has 3 unspecified atom stereocenters. The molecule has 2 N–H and O–H groups in total. The molecule has 0 aromatic heterocycles. The molecule has 0 radical (unpaired) electrons. The Morgan fingerprint density at radius 2 is 1.83 bits per heavy atom. The van der Waals surface area contributed by atoms with Crippen LogP contribution in [0.2, 0.25) is 0 Å². The minimum atomic E-state index is -1.04. The summed E-state index contributed by atoms with van der Waals surface area (Å²) < 4.78 is 0. The van der Waals surface area contributed by atoms with Crippen molar-refractivity contribution in [3.63, 3.8) is 0 Å². The molecule has 4 amide bonds. The van der Waals surface area contributed by atoms with Gasteiger partial charge in [-0.2, -0.15) is 0 Å². The van der Waals surface area contributed by atoms with Crippen LogP contribution in [-0.2, 0) is 24.0 Å². The number of nitrogens with zero attached hydrogens (tertiary/aromatic N) is 2. The Labute approximate surface area is 207 Å². The summed E-state index contributed by atoms with van der Waals surface area (Å²) in [5.74, 6) is -2.23. The van der Waals surface area contributed by atoms with Gasteiger partial charge >= 0.3 is 0 Å². The normalized spacial score (nSPS) is 20.8. The molecule has 36 heavy (non-hydrogen) atoms. The van der Waals surface area contributed by atoms with Crippen molar-refractivity contribution in [1.29, 1.82) is 0 Å². The van der Waals surface area contributed by atoms with Crippen LogP contribution in [0.3, 0.4) is 0 Å². The Hall–Kier alpha value is -4.08. The number of carbonyl (C=O) groups is 6. The average Bonchev–Trinajstić information content (AvgIpc) is 2.99. The molecule has 0 bridgehead atoms. The van der Waals surface area contributed by atoms with Crippen molar-refractivity contribution in [3.05, 3.63) is 48.0 Å². The van der Waals surface area contributed by atoms with E-state index in [1.807, 2.05) is 30.3 Å². The number of benzene rings is 2. The van der Waals surface area contributed by atoms with Crippen molar-refractivity contribution in [2.75, 3.05) is 6.54 Å². The standard InChI is InChI=1S/C26H28N4O6/c1-16(32)14-18(15-31)27-25(35)22-10-5-13-29-23(33)12-11-21(26(36)30(22)29)28-24(34)20-9-4-7-17-6-2-3-8-19(17)20/h2-4,6-9,15,18,21-22H,5,10-14H2,1H3,(H,27,35)(H,28,34). The monoisotopic (exact) mass is 492 g/mol. The molecule has 2 aliphatic rings. The highest BCUT2D eigenvalue weighted by atomic mass is 16.2. The predicted octanol–water partition coefficient (Wildman–Crippen LogP) is 1.13. The predicted molar refractivity (Wildman–Crippen MR) is 129 cm³/mol. The number of amides is 4. The fourth-order valence-electron chi connectivity index (χ4n) is 4.79. The van der Waals surface area contributed by atoms with Crippen molar-refractivity contribution < 1.29 is 28.8 Å². The summed E-state index contributed by atoms with van der Waals surface area (Å²) in [6.45, 7) is 1.58. The first-order chi connectivity index (χ1) is 17.3. The smallest absolute Gasteiger partial charge is 0.264 e. The zero-order valence-electron chi connectivity index (χ0n) is 19.9. The second-order valence-electron chi connectivity index (χ2n) is 9.11. The molecule has 4 rings (SSSR count). The van der Waals surface area contributed by atoms with Crippen LogP contribution in [0.1, 0.15) is 49.4 Å². The van der Waals surface area contributed by atoms with Crippen molar-refractivity contribution in [2.24, 2.45) is 0 Å². The summed E-state index contributed by atoms with van der Waals surface area (Å²) in [6, 6.07) is 9.62. The third-order valence-corrected chi connectivity index (χ3v) is 6.50. The van der Waals surface area contributed by atoms with E-state index in [4.69, 9.17) is 0 Å². The minimum Gasteiger partial charge on any atom is -0.344 e. The second kappa shape index (κ2) is 10.7. The van der Waals surface area contributed by atoms with Gasteiger partial charge in [-0.15, -0.1) is 0 Å². The zero-order valence-corrected chi connectivity index (χ0v) is 19.9. The third-order valence-electron chi connectivity index (χ3n) is 6.50. The summed E-state index contributed by atoms with van der Waals surface area (Å²) in [5.41, 5.74) is 0.402. The van der Waals surface area contributed by atoms with Crippen LogP contribution in [-0.4, -0.2) is 70.4 Å². The Morgan fingerprint density at radius 3 is 2.58 bits per heavy atom. The number of hydrogen-bond acceptors (Lipinski definition) is 6. The van der Waals surface area contributed by atoms with Crippen molar-refractivity contribution >= 4 is 46.5 Å². The highest BCUT2D eigenvalue weighted by molar-refractivity contribution is 6.08. The van der Waals surface area contributed by atoms with E-state index in [1.54, 1.807) is 12.1 Å². The second-order valence-corrected chi connectivity index (χ2v) is 9.11. The molecule has 2 aromatic rings. The molecule has 10 heteroatoms. The first kappa shape index (κ1) is 25.0. The zero-order chi connectivity index (χ0) is 25.8. The topological polar surface area (TPSA) is 133 Å². The summed E-state index contributed by atoms with van der Waals surface area (Å²) >= 11 is 0. The number of hydrazine groups is 1. The van der Waals surface area contributed by atoms with Gasteiger partial charge in [0.05, 0.1) is 6.04 Å². The third kappa shape index (κ3) is 5.12. The van der Waals surface area contributed by atoms with Gasteiger partial charge < -0.3 is 15.4 Å². The van der Waals surface area contributed by atoms with Crippen molar-refractivity contribution in [3.8, 4) is 0 Å². The van der Waals surface area contributed by atoms with Gasteiger partial charge in [-0.1, -0.05) is 36.4 Å². The molecule has 10 nitrogen and oxygen atoms in total. The Morgan fingerprint density at radius 1 is 1.08 bits per heavy atom. The van der Waals surface area contributed by atoms with Crippen molar-refractivity contribution in [2.45, 2.75) is 57.2 Å². The largest absolute Gasteiger partial charge is 0.344 e. The molecule has 2 fully saturated rings. The minimum absolute atomic E-state index is 0.0262. The van der Waals surface area contributed by atoms with Gasteiger partial charge in [0.1, 0.15) is 24.2 Å². The molecule has 2 saturated heterocycles. The van der Waals surface area contributed by atoms with E-state index in [0.29, 0.717) is 18.3 Å². The molecular weight excluding hydrogens is 464 g/mol. The van der Waals surface area contributed by atoms with Crippen molar-refractivity contribution in [1.82, 2.24) is 20.7 Å². The van der Waals surface area contributed by atoms with Crippen LogP contribution >= 0.6 is 0 Å². The van der Waals surface area contributed by atoms with Gasteiger partial charge in [0.15, 0.2) is 0 Å². The van der Waals surface area contributed by atoms with Gasteiger partial charge in [-0.3, -0.25) is 29.0 Å². The molecule has 0 saturated carbocycles. The highest BCUT2D eigenvalue weighted by Gasteiger charge is 2.45. The van der Waals surface area contributed by atoms with Crippen LogP contribution in [0.15, 0.2) is 42.5 Å². The highest BCUT2D eigenvalue weighted by Crippen LogP contribution is 2.26. The maximum Gasteiger partial charge on any atom is 0.264 e. The lowest BCUT2D eigenvalue weighted by Crippen LogP contribution is -2.64.